The highest BCUT2D eigenvalue weighted by Gasteiger charge is 2.52. The Morgan fingerprint density at radius 1 is 1.47 bits per heavy atom. The summed E-state index contributed by atoms with van der Waals surface area (Å²) in [4.78, 5) is 0. The summed E-state index contributed by atoms with van der Waals surface area (Å²) in [6.07, 6.45) is 3.29. The monoisotopic (exact) mass is 206 g/mol. The third kappa shape index (κ3) is 1.97. The molecule has 0 aliphatic carbocycles. The van der Waals surface area contributed by atoms with Crippen LogP contribution in [-0.4, -0.2) is 24.9 Å². The zero-order valence-corrected chi connectivity index (χ0v) is 8.61. The molecule has 0 aromatic rings. The number of hydrogen-bond donors (Lipinski definition) is 0. The van der Waals surface area contributed by atoms with Gasteiger partial charge in [-0.3, -0.25) is 0 Å². The third-order valence-electron chi connectivity index (χ3n) is 3.22. The van der Waals surface area contributed by atoms with Gasteiger partial charge in [-0.05, 0) is 19.3 Å². The average molecular weight is 206 g/mol. The first kappa shape index (κ1) is 10.4. The summed E-state index contributed by atoms with van der Waals surface area (Å²) >= 11 is 0. The number of fused-ring (bicyclic) bond motifs is 2. The molecule has 2 heterocycles. The van der Waals surface area contributed by atoms with Crippen molar-refractivity contribution in [3.8, 4) is 12.1 Å². The zero-order valence-electron chi connectivity index (χ0n) is 8.61. The normalized spacial score (nSPS) is 37.5. The summed E-state index contributed by atoms with van der Waals surface area (Å²) in [5.41, 5.74) is -0.222. The van der Waals surface area contributed by atoms with Gasteiger partial charge in [0.15, 0.2) is 0 Å². The maximum absolute atomic E-state index is 8.90. The molecule has 3 unspecified atom stereocenters. The first-order valence-corrected chi connectivity index (χ1v) is 5.32. The Bertz CT molecular complexity index is 318. The van der Waals surface area contributed by atoms with Crippen LogP contribution in [0, 0.1) is 28.6 Å². The maximum atomic E-state index is 8.90. The predicted octanol–water partition coefficient (Wildman–Crippen LogP) is 1.38. The van der Waals surface area contributed by atoms with Gasteiger partial charge < -0.3 is 9.47 Å². The van der Waals surface area contributed by atoms with Crippen LogP contribution >= 0.6 is 0 Å². The molecule has 80 valence electrons. The molecular formula is C11H14N2O2. The van der Waals surface area contributed by atoms with Crippen LogP contribution in [0.2, 0.25) is 0 Å². The second kappa shape index (κ2) is 4.18. The first-order chi connectivity index (χ1) is 7.29. The lowest BCUT2D eigenvalue weighted by atomic mass is 9.82. The number of hydrogen-bond acceptors (Lipinski definition) is 4. The van der Waals surface area contributed by atoms with E-state index in [1.54, 1.807) is 0 Å². The standard InChI is InChI=1S/C11H14N2O2/c12-4-1-5-14-8-11-3-2-10(15-11)9(6-11)7-13/h9-10H,1-3,5-6,8H2. The quantitative estimate of drug-likeness (QED) is 0.652. The largest absolute Gasteiger partial charge is 0.377 e. The van der Waals surface area contributed by atoms with Crippen molar-refractivity contribution in [3.05, 3.63) is 0 Å². The number of nitriles is 2. The fourth-order valence-corrected chi connectivity index (χ4v) is 2.48. The molecule has 0 spiro atoms. The summed E-state index contributed by atoms with van der Waals surface area (Å²) in [5.74, 6) is 0.0401. The van der Waals surface area contributed by atoms with Gasteiger partial charge in [-0.25, -0.2) is 0 Å². The highest BCUT2D eigenvalue weighted by atomic mass is 16.6. The molecule has 3 atom stereocenters. The van der Waals surface area contributed by atoms with Crippen molar-refractivity contribution < 1.29 is 9.47 Å². The molecule has 2 saturated heterocycles. The van der Waals surface area contributed by atoms with Crippen LogP contribution in [0.3, 0.4) is 0 Å². The topological polar surface area (TPSA) is 66.0 Å². The zero-order chi connectivity index (χ0) is 10.7. The lowest BCUT2D eigenvalue weighted by Gasteiger charge is -2.24. The van der Waals surface area contributed by atoms with Crippen molar-refractivity contribution in [2.75, 3.05) is 13.2 Å². The predicted molar refractivity (Wildman–Crippen MR) is 51.6 cm³/mol. The third-order valence-corrected chi connectivity index (χ3v) is 3.22. The molecule has 4 nitrogen and oxygen atoms in total. The summed E-state index contributed by atoms with van der Waals surface area (Å²) in [5, 5.41) is 17.3. The number of ether oxygens (including phenoxy) is 2. The van der Waals surface area contributed by atoms with E-state index < -0.39 is 0 Å². The Morgan fingerprint density at radius 2 is 2.33 bits per heavy atom. The van der Waals surface area contributed by atoms with E-state index in [9.17, 15) is 0 Å². The van der Waals surface area contributed by atoms with Gasteiger partial charge in [-0.15, -0.1) is 0 Å². The van der Waals surface area contributed by atoms with Crippen molar-refractivity contribution in [1.82, 2.24) is 0 Å². The fourth-order valence-electron chi connectivity index (χ4n) is 2.48. The summed E-state index contributed by atoms with van der Waals surface area (Å²) in [6.45, 7) is 0.993. The average Bonchev–Trinajstić information content (AvgIpc) is 2.82. The van der Waals surface area contributed by atoms with Gasteiger partial charge in [0.2, 0.25) is 0 Å². The number of rotatable bonds is 4. The Kier molecular flexibility index (Phi) is 2.90. The molecule has 4 heteroatoms. The van der Waals surface area contributed by atoms with Gasteiger partial charge in [0.05, 0.1) is 49.4 Å². The van der Waals surface area contributed by atoms with Gasteiger partial charge in [-0.2, -0.15) is 10.5 Å². The van der Waals surface area contributed by atoms with Crippen LogP contribution in [-0.2, 0) is 9.47 Å². The van der Waals surface area contributed by atoms with Crippen molar-refractivity contribution in [2.24, 2.45) is 5.92 Å². The second-order valence-corrected chi connectivity index (χ2v) is 4.28. The van der Waals surface area contributed by atoms with Gasteiger partial charge >= 0.3 is 0 Å². The molecule has 2 bridgehead atoms. The van der Waals surface area contributed by atoms with E-state index in [1.165, 1.54) is 0 Å². The van der Waals surface area contributed by atoms with Gasteiger partial charge in [0.25, 0.3) is 0 Å². The van der Waals surface area contributed by atoms with E-state index >= 15 is 0 Å². The molecule has 0 saturated carbocycles. The highest BCUT2D eigenvalue weighted by Crippen LogP contribution is 2.46. The lowest BCUT2D eigenvalue weighted by molar-refractivity contribution is -0.0526. The molecule has 0 N–H and O–H groups in total. The van der Waals surface area contributed by atoms with Crippen molar-refractivity contribution >= 4 is 0 Å². The number of nitrogens with zero attached hydrogens (tertiary/aromatic N) is 2. The van der Waals surface area contributed by atoms with Crippen molar-refractivity contribution in [1.29, 1.82) is 10.5 Å². The Morgan fingerprint density at radius 3 is 3.00 bits per heavy atom. The molecular weight excluding hydrogens is 192 g/mol. The molecule has 15 heavy (non-hydrogen) atoms. The van der Waals surface area contributed by atoms with E-state index in [0.717, 1.165) is 19.3 Å². The molecule has 0 radical (unpaired) electrons. The maximum Gasteiger partial charge on any atom is 0.0933 e. The van der Waals surface area contributed by atoms with Gasteiger partial charge in [0.1, 0.15) is 0 Å². The van der Waals surface area contributed by atoms with Crippen LogP contribution in [0.15, 0.2) is 0 Å². The van der Waals surface area contributed by atoms with Crippen LogP contribution in [0.4, 0.5) is 0 Å². The van der Waals surface area contributed by atoms with Crippen LogP contribution in [0.5, 0.6) is 0 Å². The summed E-state index contributed by atoms with van der Waals surface area (Å²) in [6, 6.07) is 4.32. The van der Waals surface area contributed by atoms with E-state index in [1.807, 2.05) is 6.07 Å². The Balaban J connectivity index is 1.83. The highest BCUT2D eigenvalue weighted by molar-refractivity contribution is 5.07. The minimum absolute atomic E-state index is 0.0401. The van der Waals surface area contributed by atoms with Gasteiger partial charge in [0, 0.05) is 0 Å². The lowest BCUT2D eigenvalue weighted by Crippen LogP contribution is -2.32. The van der Waals surface area contributed by atoms with Crippen LogP contribution in [0.25, 0.3) is 0 Å². The molecule has 2 rings (SSSR count). The van der Waals surface area contributed by atoms with E-state index in [2.05, 4.69) is 6.07 Å². The van der Waals surface area contributed by atoms with E-state index in [4.69, 9.17) is 20.0 Å². The van der Waals surface area contributed by atoms with Crippen LogP contribution in [0.1, 0.15) is 25.7 Å². The molecule has 0 amide bonds. The smallest absolute Gasteiger partial charge is 0.0933 e. The summed E-state index contributed by atoms with van der Waals surface area (Å²) in [7, 11) is 0. The SMILES string of the molecule is N#CCCOCC12CCC(O1)C(C#N)C2. The Hall–Kier alpha value is -1.10. The molecule has 0 aromatic carbocycles. The van der Waals surface area contributed by atoms with E-state index in [-0.39, 0.29) is 17.6 Å². The first-order valence-electron chi connectivity index (χ1n) is 5.32. The van der Waals surface area contributed by atoms with Crippen molar-refractivity contribution in [3.63, 3.8) is 0 Å². The Labute approximate surface area is 89.4 Å². The molecule has 2 fully saturated rings. The summed E-state index contributed by atoms with van der Waals surface area (Å²) < 4.78 is 11.2. The molecule has 2 aliphatic heterocycles. The second-order valence-electron chi connectivity index (χ2n) is 4.28. The minimum atomic E-state index is -0.222. The van der Waals surface area contributed by atoms with E-state index in [0.29, 0.717) is 19.6 Å². The molecule has 2 aliphatic rings. The van der Waals surface area contributed by atoms with Crippen molar-refractivity contribution in [2.45, 2.75) is 37.4 Å². The van der Waals surface area contributed by atoms with Crippen LogP contribution < -0.4 is 0 Å². The minimum Gasteiger partial charge on any atom is -0.377 e. The molecule has 0 aromatic heterocycles. The van der Waals surface area contributed by atoms with Gasteiger partial charge in [-0.1, -0.05) is 0 Å². The fraction of sp³-hybridized carbons (Fsp3) is 0.818.